The first-order valence-electron chi connectivity index (χ1n) is 8.82. The van der Waals surface area contributed by atoms with E-state index in [1.165, 1.54) is 17.7 Å². The van der Waals surface area contributed by atoms with E-state index in [9.17, 15) is 23.1 Å². The Morgan fingerprint density at radius 1 is 1.17 bits per heavy atom. The molecule has 3 nitrogen and oxygen atoms in total. The molecule has 1 atom stereocenters. The molecule has 0 spiro atoms. The molecule has 132 valence electrons. The summed E-state index contributed by atoms with van der Waals surface area (Å²) in [7, 11) is 0. The third kappa shape index (κ3) is 3.11. The summed E-state index contributed by atoms with van der Waals surface area (Å²) in [6.07, 6.45) is 2.84. The van der Waals surface area contributed by atoms with E-state index >= 15 is 0 Å². The molecule has 3 fully saturated rings. The summed E-state index contributed by atoms with van der Waals surface area (Å²) in [6, 6.07) is 0. The van der Waals surface area contributed by atoms with Gasteiger partial charge in [-0.1, -0.05) is 38.5 Å². The largest absolute Gasteiger partial charge is 0.398 e. The summed E-state index contributed by atoms with van der Waals surface area (Å²) in [5.74, 6) is 1.41. The van der Waals surface area contributed by atoms with Crippen LogP contribution in [-0.2, 0) is 4.79 Å². The number of aliphatic hydroxyl groups excluding tert-OH is 1. The Kier molecular flexibility index (Phi) is 4.64. The molecule has 1 aliphatic heterocycles. The van der Waals surface area contributed by atoms with Crippen molar-refractivity contribution in [2.75, 3.05) is 19.7 Å². The predicted octanol–water partition coefficient (Wildman–Crippen LogP) is 3.37. The van der Waals surface area contributed by atoms with E-state index in [4.69, 9.17) is 0 Å². The van der Waals surface area contributed by atoms with E-state index in [1.54, 1.807) is 0 Å². The molecular weight excluding hydrogens is 307 g/mol. The highest BCUT2D eigenvalue weighted by molar-refractivity contribution is 5.77. The van der Waals surface area contributed by atoms with Crippen LogP contribution in [0.25, 0.3) is 0 Å². The molecular formula is C17H26F3NO2. The van der Waals surface area contributed by atoms with Crippen molar-refractivity contribution in [1.29, 1.82) is 0 Å². The Hall–Kier alpha value is -0.780. The topological polar surface area (TPSA) is 40.5 Å². The molecule has 1 saturated heterocycles. The Balaban J connectivity index is 1.62. The Bertz CT molecular complexity index is 432. The number of likely N-dealkylation sites (tertiary alicyclic amines) is 1. The second kappa shape index (κ2) is 6.26. The minimum Gasteiger partial charge on any atom is -0.395 e. The van der Waals surface area contributed by atoms with Crippen molar-refractivity contribution in [3.05, 3.63) is 0 Å². The van der Waals surface area contributed by atoms with Crippen LogP contribution in [0.5, 0.6) is 0 Å². The van der Waals surface area contributed by atoms with Crippen molar-refractivity contribution in [1.82, 2.24) is 4.90 Å². The zero-order valence-electron chi connectivity index (χ0n) is 13.4. The van der Waals surface area contributed by atoms with Crippen LogP contribution in [0, 0.1) is 23.2 Å². The fourth-order valence-corrected chi connectivity index (χ4v) is 4.32. The van der Waals surface area contributed by atoms with E-state index < -0.39 is 18.2 Å². The third-order valence-electron chi connectivity index (χ3n) is 6.53. The fourth-order valence-electron chi connectivity index (χ4n) is 4.32. The molecule has 1 N–H and O–H groups in total. The lowest BCUT2D eigenvalue weighted by atomic mass is 9.63. The van der Waals surface area contributed by atoms with E-state index in [1.807, 2.05) is 0 Å². The lowest BCUT2D eigenvalue weighted by molar-refractivity contribution is -0.230. The standard InChI is InChI=1S/C17H26F3NO2/c18-17(19,20)16(11-22)7-8-21(10-16)15(23)9-14(12-3-1-4-12)13-5-2-6-13/h12-14,22H,1-11H2. The average molecular weight is 333 g/mol. The van der Waals surface area contributed by atoms with Crippen LogP contribution in [0.4, 0.5) is 13.2 Å². The summed E-state index contributed by atoms with van der Waals surface area (Å²) in [5, 5.41) is 9.25. The zero-order valence-corrected chi connectivity index (χ0v) is 13.4. The summed E-state index contributed by atoms with van der Waals surface area (Å²) in [6.45, 7) is -1.20. The summed E-state index contributed by atoms with van der Waals surface area (Å²) >= 11 is 0. The van der Waals surface area contributed by atoms with Gasteiger partial charge in [0.05, 0.1) is 6.61 Å². The van der Waals surface area contributed by atoms with E-state index in [-0.39, 0.29) is 25.4 Å². The van der Waals surface area contributed by atoms with E-state index in [2.05, 4.69) is 0 Å². The van der Waals surface area contributed by atoms with E-state index in [0.29, 0.717) is 24.2 Å². The molecule has 1 heterocycles. The summed E-state index contributed by atoms with van der Waals surface area (Å²) in [5.41, 5.74) is -2.12. The number of halogens is 3. The average Bonchev–Trinajstić information content (AvgIpc) is 2.79. The molecule has 6 heteroatoms. The maximum Gasteiger partial charge on any atom is 0.398 e. The predicted molar refractivity (Wildman–Crippen MR) is 79.6 cm³/mol. The normalized spacial score (nSPS) is 29.7. The van der Waals surface area contributed by atoms with Gasteiger partial charge in [0.25, 0.3) is 0 Å². The van der Waals surface area contributed by atoms with Gasteiger partial charge in [0, 0.05) is 19.5 Å². The molecule has 3 rings (SSSR count). The van der Waals surface area contributed by atoms with Gasteiger partial charge in [0.15, 0.2) is 0 Å². The van der Waals surface area contributed by atoms with Gasteiger partial charge in [-0.3, -0.25) is 4.79 Å². The quantitative estimate of drug-likeness (QED) is 0.838. The van der Waals surface area contributed by atoms with Crippen LogP contribution in [-0.4, -0.2) is 41.8 Å². The maximum absolute atomic E-state index is 13.2. The lowest BCUT2D eigenvalue weighted by Crippen LogP contribution is -2.45. The Morgan fingerprint density at radius 3 is 2.09 bits per heavy atom. The SMILES string of the molecule is O=C(CC(C1CCC1)C1CCC1)N1CCC(CO)(C(F)(F)F)C1. The number of hydrogen-bond donors (Lipinski definition) is 1. The van der Waals surface area contributed by atoms with Crippen molar-refractivity contribution in [2.24, 2.45) is 23.2 Å². The van der Waals surface area contributed by atoms with Crippen molar-refractivity contribution in [3.8, 4) is 0 Å². The second-order valence-electron chi connectivity index (χ2n) is 7.75. The van der Waals surface area contributed by atoms with Gasteiger partial charge in [-0.05, 0) is 24.2 Å². The number of amides is 1. The van der Waals surface area contributed by atoms with Crippen LogP contribution in [0.3, 0.4) is 0 Å². The van der Waals surface area contributed by atoms with Gasteiger partial charge in [-0.15, -0.1) is 0 Å². The molecule has 0 aromatic carbocycles. The third-order valence-corrected chi connectivity index (χ3v) is 6.53. The van der Waals surface area contributed by atoms with Gasteiger partial charge in [-0.2, -0.15) is 13.2 Å². The molecule has 2 saturated carbocycles. The highest BCUT2D eigenvalue weighted by atomic mass is 19.4. The van der Waals surface area contributed by atoms with Crippen molar-refractivity contribution >= 4 is 5.91 Å². The smallest absolute Gasteiger partial charge is 0.395 e. The van der Waals surface area contributed by atoms with Gasteiger partial charge >= 0.3 is 6.18 Å². The van der Waals surface area contributed by atoms with Gasteiger partial charge in [0.1, 0.15) is 5.41 Å². The monoisotopic (exact) mass is 333 g/mol. The molecule has 3 aliphatic rings. The maximum atomic E-state index is 13.2. The molecule has 23 heavy (non-hydrogen) atoms. The molecule has 2 aliphatic carbocycles. The van der Waals surface area contributed by atoms with Crippen LogP contribution < -0.4 is 0 Å². The van der Waals surface area contributed by atoms with Gasteiger partial charge < -0.3 is 10.0 Å². The van der Waals surface area contributed by atoms with Gasteiger partial charge in [-0.25, -0.2) is 0 Å². The summed E-state index contributed by atoms with van der Waals surface area (Å²) < 4.78 is 39.6. The number of carbonyl (C=O) groups excluding carboxylic acids is 1. The zero-order chi connectivity index (χ0) is 16.7. The van der Waals surface area contributed by atoms with Crippen LogP contribution in [0.15, 0.2) is 0 Å². The minimum absolute atomic E-state index is 0.112. The first-order valence-corrected chi connectivity index (χ1v) is 8.82. The second-order valence-corrected chi connectivity index (χ2v) is 7.75. The van der Waals surface area contributed by atoms with Crippen molar-refractivity contribution in [3.63, 3.8) is 0 Å². The number of carbonyl (C=O) groups is 1. The molecule has 0 bridgehead atoms. The van der Waals surface area contributed by atoms with E-state index in [0.717, 1.165) is 25.7 Å². The molecule has 1 amide bonds. The number of alkyl halides is 3. The molecule has 0 radical (unpaired) electrons. The molecule has 1 unspecified atom stereocenters. The number of nitrogens with zero attached hydrogens (tertiary/aromatic N) is 1. The van der Waals surface area contributed by atoms with Crippen molar-refractivity contribution in [2.45, 2.75) is 57.5 Å². The molecule has 0 aromatic heterocycles. The fraction of sp³-hybridized carbons (Fsp3) is 0.941. The summed E-state index contributed by atoms with van der Waals surface area (Å²) in [4.78, 5) is 13.9. The molecule has 0 aromatic rings. The highest BCUT2D eigenvalue weighted by Gasteiger charge is 2.58. The number of aliphatic hydroxyl groups is 1. The van der Waals surface area contributed by atoms with Crippen LogP contribution in [0.1, 0.15) is 51.4 Å². The highest BCUT2D eigenvalue weighted by Crippen LogP contribution is 2.48. The number of hydrogen-bond acceptors (Lipinski definition) is 2. The number of rotatable bonds is 5. The van der Waals surface area contributed by atoms with Crippen molar-refractivity contribution < 1.29 is 23.1 Å². The Labute approximate surface area is 135 Å². The van der Waals surface area contributed by atoms with Gasteiger partial charge in [0.2, 0.25) is 5.91 Å². The lowest BCUT2D eigenvalue weighted by Gasteiger charge is -2.43. The first kappa shape index (κ1) is 17.1. The minimum atomic E-state index is -4.46. The van der Waals surface area contributed by atoms with Crippen LogP contribution >= 0.6 is 0 Å². The Morgan fingerprint density at radius 2 is 1.74 bits per heavy atom. The first-order chi connectivity index (χ1) is 10.9. The van der Waals surface area contributed by atoms with Crippen LogP contribution in [0.2, 0.25) is 0 Å².